The summed E-state index contributed by atoms with van der Waals surface area (Å²) in [4.78, 5) is 21.8. The second-order valence-corrected chi connectivity index (χ2v) is 4.92. The smallest absolute Gasteiger partial charge is 0.295 e. The van der Waals surface area contributed by atoms with Crippen molar-refractivity contribution in [2.24, 2.45) is 7.05 Å². The molecule has 0 bridgehead atoms. The van der Waals surface area contributed by atoms with Crippen molar-refractivity contribution in [3.63, 3.8) is 0 Å². The van der Waals surface area contributed by atoms with Gasteiger partial charge in [-0.2, -0.15) is 0 Å². The number of carbonyl (C=O) groups excluding carboxylic acids is 1. The number of rotatable bonds is 5. The second-order valence-electron chi connectivity index (χ2n) is 3.98. The molecule has 0 aliphatic rings. The van der Waals surface area contributed by atoms with Crippen molar-refractivity contribution in [1.82, 2.24) is 14.8 Å². The highest BCUT2D eigenvalue weighted by Crippen LogP contribution is 2.25. The summed E-state index contributed by atoms with van der Waals surface area (Å²) in [7, 11) is 1.73. The summed E-state index contributed by atoms with van der Waals surface area (Å²) >= 11 is 1.13. The fraction of sp³-hybridized carbons (Fsp3) is 0.182. The van der Waals surface area contributed by atoms with Gasteiger partial charge < -0.3 is 9.88 Å². The predicted octanol–water partition coefficient (Wildman–Crippen LogP) is 1.59. The molecule has 10 heteroatoms. The standard InChI is InChI=1S/C11H10FN5O3S/c1-16-6-13-15-11(16)21-5-10(18)14-8-3-2-7(12)4-9(8)17(19)20/h2-4,6H,5H2,1H3,(H,14,18). The topological polar surface area (TPSA) is 103 Å². The van der Waals surface area contributed by atoms with Crippen LogP contribution in [0.5, 0.6) is 0 Å². The number of benzene rings is 1. The number of amides is 1. The molecule has 0 saturated carbocycles. The Morgan fingerprint density at radius 1 is 1.57 bits per heavy atom. The van der Waals surface area contributed by atoms with E-state index in [1.54, 1.807) is 11.6 Å². The van der Waals surface area contributed by atoms with E-state index in [-0.39, 0.29) is 11.4 Å². The molecule has 0 radical (unpaired) electrons. The molecule has 1 aromatic carbocycles. The monoisotopic (exact) mass is 311 g/mol. The number of nitrogens with one attached hydrogen (secondary N) is 1. The Bertz CT molecular complexity index is 690. The molecule has 0 saturated heterocycles. The average Bonchev–Trinajstić information content (AvgIpc) is 2.84. The van der Waals surface area contributed by atoms with Gasteiger partial charge in [-0.3, -0.25) is 14.9 Å². The number of hydrogen-bond acceptors (Lipinski definition) is 6. The molecule has 0 spiro atoms. The molecule has 110 valence electrons. The molecule has 1 amide bonds. The molecule has 0 aliphatic heterocycles. The first-order valence-electron chi connectivity index (χ1n) is 5.68. The van der Waals surface area contributed by atoms with Crippen LogP contribution in [0.2, 0.25) is 0 Å². The number of aryl methyl sites for hydroxylation is 1. The molecule has 0 aliphatic carbocycles. The Kier molecular flexibility index (Phi) is 4.48. The molecule has 0 atom stereocenters. The SMILES string of the molecule is Cn1cnnc1SCC(=O)Nc1ccc(F)cc1[N+](=O)[O-]. The number of anilines is 1. The Morgan fingerprint density at radius 2 is 2.33 bits per heavy atom. The van der Waals surface area contributed by atoms with Crippen molar-refractivity contribution in [3.8, 4) is 0 Å². The molecule has 2 aromatic rings. The summed E-state index contributed by atoms with van der Waals surface area (Å²) in [6.45, 7) is 0. The molecular formula is C11H10FN5O3S. The average molecular weight is 311 g/mol. The molecule has 1 aromatic heterocycles. The van der Waals surface area contributed by atoms with Crippen molar-refractivity contribution in [2.45, 2.75) is 5.16 Å². The van der Waals surface area contributed by atoms with Crippen LogP contribution in [0.1, 0.15) is 0 Å². The maximum absolute atomic E-state index is 13.0. The zero-order valence-corrected chi connectivity index (χ0v) is 11.6. The Morgan fingerprint density at radius 3 is 2.95 bits per heavy atom. The van der Waals surface area contributed by atoms with E-state index in [1.807, 2.05) is 0 Å². The number of carbonyl (C=O) groups is 1. The maximum Gasteiger partial charge on any atom is 0.295 e. The van der Waals surface area contributed by atoms with Crippen LogP contribution >= 0.6 is 11.8 Å². The minimum absolute atomic E-state index is 0.00106. The van der Waals surface area contributed by atoms with E-state index in [0.29, 0.717) is 5.16 Å². The number of nitro groups is 1. The van der Waals surface area contributed by atoms with Crippen LogP contribution in [0.25, 0.3) is 0 Å². The van der Waals surface area contributed by atoms with Crippen molar-refractivity contribution in [1.29, 1.82) is 0 Å². The van der Waals surface area contributed by atoms with Gasteiger partial charge in [0.1, 0.15) is 17.8 Å². The summed E-state index contributed by atoms with van der Waals surface area (Å²) < 4.78 is 14.6. The van der Waals surface area contributed by atoms with Crippen LogP contribution in [-0.2, 0) is 11.8 Å². The predicted molar refractivity (Wildman–Crippen MR) is 73.4 cm³/mol. The third-order valence-electron chi connectivity index (χ3n) is 2.43. The fourth-order valence-corrected chi connectivity index (χ4v) is 2.17. The van der Waals surface area contributed by atoms with Crippen LogP contribution in [0.4, 0.5) is 15.8 Å². The van der Waals surface area contributed by atoms with E-state index < -0.39 is 22.3 Å². The van der Waals surface area contributed by atoms with Gasteiger partial charge in [0.05, 0.1) is 16.7 Å². The highest BCUT2D eigenvalue weighted by molar-refractivity contribution is 7.99. The maximum atomic E-state index is 13.0. The van der Waals surface area contributed by atoms with Gasteiger partial charge in [0.2, 0.25) is 5.91 Å². The van der Waals surface area contributed by atoms with Crippen LogP contribution in [0, 0.1) is 15.9 Å². The summed E-state index contributed by atoms with van der Waals surface area (Å²) in [5.41, 5.74) is -0.544. The Labute approximate surface area is 122 Å². The van der Waals surface area contributed by atoms with Crippen molar-refractivity contribution in [3.05, 3.63) is 40.5 Å². The van der Waals surface area contributed by atoms with E-state index in [4.69, 9.17) is 0 Å². The van der Waals surface area contributed by atoms with Gasteiger partial charge in [0.25, 0.3) is 5.69 Å². The lowest BCUT2D eigenvalue weighted by molar-refractivity contribution is -0.384. The number of halogens is 1. The van der Waals surface area contributed by atoms with Gasteiger partial charge in [0.15, 0.2) is 5.16 Å². The third kappa shape index (κ3) is 3.75. The minimum atomic E-state index is -0.755. The van der Waals surface area contributed by atoms with Gasteiger partial charge in [-0.1, -0.05) is 11.8 Å². The van der Waals surface area contributed by atoms with Crippen LogP contribution in [0.15, 0.2) is 29.7 Å². The van der Waals surface area contributed by atoms with Crippen LogP contribution in [-0.4, -0.2) is 31.3 Å². The summed E-state index contributed by atoms with van der Waals surface area (Å²) in [6, 6.07) is 2.95. The van der Waals surface area contributed by atoms with E-state index in [1.165, 1.54) is 6.33 Å². The normalized spacial score (nSPS) is 10.4. The fourth-order valence-electron chi connectivity index (χ4n) is 1.48. The zero-order valence-electron chi connectivity index (χ0n) is 10.8. The number of aromatic nitrogens is 3. The van der Waals surface area contributed by atoms with E-state index in [9.17, 15) is 19.3 Å². The minimum Gasteiger partial charge on any atom is -0.320 e. The Hall–Kier alpha value is -2.49. The molecular weight excluding hydrogens is 301 g/mol. The zero-order chi connectivity index (χ0) is 15.4. The van der Waals surface area contributed by atoms with Gasteiger partial charge >= 0.3 is 0 Å². The summed E-state index contributed by atoms with van der Waals surface area (Å²) in [6.07, 6.45) is 1.49. The number of thioether (sulfide) groups is 1. The molecule has 1 heterocycles. The largest absolute Gasteiger partial charge is 0.320 e. The van der Waals surface area contributed by atoms with Gasteiger partial charge in [0, 0.05) is 7.05 Å². The van der Waals surface area contributed by atoms with Crippen LogP contribution < -0.4 is 5.32 Å². The summed E-state index contributed by atoms with van der Waals surface area (Å²) in [5.74, 6) is -1.20. The molecule has 0 fully saturated rings. The lowest BCUT2D eigenvalue weighted by Gasteiger charge is -2.05. The Balaban J connectivity index is 2.03. The highest BCUT2D eigenvalue weighted by Gasteiger charge is 2.17. The molecule has 0 unspecified atom stereocenters. The van der Waals surface area contributed by atoms with E-state index in [2.05, 4.69) is 15.5 Å². The highest BCUT2D eigenvalue weighted by atomic mass is 32.2. The molecule has 21 heavy (non-hydrogen) atoms. The van der Waals surface area contributed by atoms with Crippen LogP contribution in [0.3, 0.4) is 0 Å². The van der Waals surface area contributed by atoms with Gasteiger partial charge in [-0.05, 0) is 12.1 Å². The second kappa shape index (κ2) is 6.31. The number of nitro benzene ring substituents is 1. The number of nitrogens with zero attached hydrogens (tertiary/aromatic N) is 4. The van der Waals surface area contributed by atoms with Gasteiger partial charge in [-0.15, -0.1) is 10.2 Å². The van der Waals surface area contributed by atoms with Crippen molar-refractivity contribution in [2.75, 3.05) is 11.1 Å². The van der Waals surface area contributed by atoms with Crippen molar-refractivity contribution >= 4 is 29.0 Å². The number of hydrogen-bond donors (Lipinski definition) is 1. The molecule has 2 rings (SSSR count). The van der Waals surface area contributed by atoms with E-state index in [0.717, 1.165) is 30.0 Å². The lowest BCUT2D eigenvalue weighted by atomic mass is 10.2. The molecule has 1 N–H and O–H groups in total. The first-order chi connectivity index (χ1) is 9.97. The first-order valence-corrected chi connectivity index (χ1v) is 6.66. The van der Waals surface area contributed by atoms with Crippen molar-refractivity contribution < 1.29 is 14.1 Å². The third-order valence-corrected chi connectivity index (χ3v) is 3.47. The van der Waals surface area contributed by atoms with E-state index >= 15 is 0 Å². The lowest BCUT2D eigenvalue weighted by Crippen LogP contribution is -2.15. The molecule has 8 nitrogen and oxygen atoms in total. The van der Waals surface area contributed by atoms with Gasteiger partial charge in [-0.25, -0.2) is 4.39 Å². The first kappa shape index (κ1) is 14.9. The quantitative estimate of drug-likeness (QED) is 0.511. The summed E-state index contributed by atoms with van der Waals surface area (Å²) in [5, 5.41) is 21.2.